The van der Waals surface area contributed by atoms with Crippen LogP contribution in [0.4, 0.5) is 0 Å². The minimum Gasteiger partial charge on any atom is -0.493 e. The third-order valence-electron chi connectivity index (χ3n) is 7.13. The highest BCUT2D eigenvalue weighted by molar-refractivity contribution is 6.74. The van der Waals surface area contributed by atoms with Crippen LogP contribution < -0.4 is 19.9 Å². The number of carbonyl (C=O) groups is 1. The van der Waals surface area contributed by atoms with E-state index in [1.807, 2.05) is 38.1 Å². The van der Waals surface area contributed by atoms with Crippen LogP contribution in [0.3, 0.4) is 0 Å². The van der Waals surface area contributed by atoms with Crippen molar-refractivity contribution in [3.05, 3.63) is 36.0 Å². The maximum atomic E-state index is 12.5. The van der Waals surface area contributed by atoms with Crippen molar-refractivity contribution in [1.82, 2.24) is 9.88 Å². The fraction of sp³-hybridized carbons (Fsp3) is 0.571. The summed E-state index contributed by atoms with van der Waals surface area (Å²) >= 11 is 0. The van der Waals surface area contributed by atoms with Crippen molar-refractivity contribution < 1.29 is 23.4 Å². The van der Waals surface area contributed by atoms with Crippen molar-refractivity contribution in [2.75, 3.05) is 34.5 Å². The fourth-order valence-electron chi connectivity index (χ4n) is 4.08. The summed E-state index contributed by atoms with van der Waals surface area (Å²) in [6.45, 7) is 16.8. The number of rotatable bonds is 13. The van der Waals surface area contributed by atoms with Gasteiger partial charge in [-0.15, -0.1) is 0 Å². The van der Waals surface area contributed by atoms with E-state index in [4.69, 9.17) is 24.4 Å². The molecule has 0 fully saturated rings. The van der Waals surface area contributed by atoms with Gasteiger partial charge in [0.2, 0.25) is 11.7 Å². The van der Waals surface area contributed by atoms with Crippen LogP contribution in [-0.2, 0) is 15.8 Å². The maximum Gasteiger partial charge on any atom is 0.235 e. The summed E-state index contributed by atoms with van der Waals surface area (Å²) in [5.41, 5.74) is 8.47. The monoisotopic (exact) mass is 531 g/mol. The van der Waals surface area contributed by atoms with Gasteiger partial charge in [-0.25, -0.2) is 0 Å². The van der Waals surface area contributed by atoms with Crippen molar-refractivity contribution in [1.29, 1.82) is 0 Å². The Bertz CT molecular complexity index is 1030. The summed E-state index contributed by atoms with van der Waals surface area (Å²) in [6, 6.07) is 7.31. The molecular weight excluding hydrogens is 486 g/mol. The predicted molar refractivity (Wildman–Crippen MR) is 151 cm³/mol. The molecule has 2 rings (SSSR count). The topological polar surface area (TPSA) is 96.1 Å². The zero-order valence-corrected chi connectivity index (χ0v) is 25.2. The highest BCUT2D eigenvalue weighted by atomic mass is 28.4. The van der Waals surface area contributed by atoms with Crippen molar-refractivity contribution in [2.24, 2.45) is 11.7 Å². The second-order valence-electron chi connectivity index (χ2n) is 11.1. The molecule has 0 bridgehead atoms. The van der Waals surface area contributed by atoms with Crippen LogP contribution >= 0.6 is 0 Å². The van der Waals surface area contributed by atoms with Crippen molar-refractivity contribution in [3.63, 3.8) is 0 Å². The first-order chi connectivity index (χ1) is 17.2. The van der Waals surface area contributed by atoms with Crippen molar-refractivity contribution >= 4 is 14.2 Å². The Balaban J connectivity index is 2.37. The van der Waals surface area contributed by atoms with Gasteiger partial charge in [-0.3, -0.25) is 14.7 Å². The van der Waals surface area contributed by atoms with E-state index in [1.165, 1.54) is 0 Å². The first kappa shape index (κ1) is 30.6. The lowest BCUT2D eigenvalue weighted by atomic mass is 10.0. The Kier molecular flexibility index (Phi) is 10.5. The first-order valence-electron chi connectivity index (χ1n) is 12.7. The molecule has 206 valence electrons. The van der Waals surface area contributed by atoms with E-state index in [1.54, 1.807) is 27.5 Å². The van der Waals surface area contributed by atoms with E-state index in [0.717, 1.165) is 16.8 Å². The SMILES string of the molecule is COc1cc(-c2cc(CN(CCO[Si](C)(C)C(C)(C)C)[C@H](C(N)=O)C(C)C)ccn2)cc(OC)c1OC. The van der Waals surface area contributed by atoms with Gasteiger partial charge in [0.1, 0.15) is 0 Å². The number of hydrogen-bond acceptors (Lipinski definition) is 7. The number of nitrogens with two attached hydrogens (primary N) is 1. The number of primary amides is 1. The molecule has 1 heterocycles. The molecule has 1 aromatic carbocycles. The number of carbonyl (C=O) groups excluding carboxylic acids is 1. The van der Waals surface area contributed by atoms with Gasteiger partial charge in [0.15, 0.2) is 19.8 Å². The van der Waals surface area contributed by atoms with Crippen molar-refractivity contribution in [3.8, 4) is 28.5 Å². The second kappa shape index (κ2) is 12.8. The average Bonchev–Trinajstić information content (AvgIpc) is 2.81. The highest BCUT2D eigenvalue weighted by Crippen LogP contribution is 2.41. The molecule has 0 unspecified atom stereocenters. The normalized spacial score (nSPS) is 13.1. The van der Waals surface area contributed by atoms with Crippen LogP contribution in [0.2, 0.25) is 18.1 Å². The van der Waals surface area contributed by atoms with E-state index in [9.17, 15) is 4.79 Å². The van der Waals surface area contributed by atoms with Gasteiger partial charge in [-0.2, -0.15) is 0 Å². The Labute approximate surface area is 223 Å². The largest absolute Gasteiger partial charge is 0.493 e. The lowest BCUT2D eigenvalue weighted by Gasteiger charge is -2.38. The molecule has 1 amide bonds. The zero-order valence-electron chi connectivity index (χ0n) is 24.2. The van der Waals surface area contributed by atoms with Crippen LogP contribution in [0, 0.1) is 5.92 Å². The number of benzene rings is 1. The number of amides is 1. The van der Waals surface area contributed by atoms with E-state index in [2.05, 4.69) is 43.7 Å². The minimum atomic E-state index is -1.92. The van der Waals surface area contributed by atoms with Gasteiger partial charge in [-0.05, 0) is 53.9 Å². The summed E-state index contributed by atoms with van der Waals surface area (Å²) in [4.78, 5) is 19.2. The molecule has 1 aromatic heterocycles. The average molecular weight is 532 g/mol. The number of pyridine rings is 1. The molecule has 0 aliphatic rings. The van der Waals surface area contributed by atoms with Gasteiger partial charge in [0.05, 0.1) is 33.1 Å². The molecule has 0 radical (unpaired) electrons. The van der Waals surface area contributed by atoms with E-state index in [0.29, 0.717) is 36.9 Å². The van der Waals surface area contributed by atoms with Crippen LogP contribution in [0.15, 0.2) is 30.5 Å². The summed E-state index contributed by atoms with van der Waals surface area (Å²) in [5.74, 6) is 1.37. The number of methoxy groups -OCH3 is 3. The molecule has 2 N–H and O–H groups in total. The fourth-order valence-corrected chi connectivity index (χ4v) is 5.11. The first-order valence-corrected chi connectivity index (χ1v) is 15.6. The quantitative estimate of drug-likeness (QED) is 0.359. The molecule has 0 saturated carbocycles. The molecule has 37 heavy (non-hydrogen) atoms. The Morgan fingerprint density at radius 2 is 1.65 bits per heavy atom. The molecule has 1 atom stereocenters. The molecule has 9 heteroatoms. The van der Waals surface area contributed by atoms with Gasteiger partial charge < -0.3 is 24.4 Å². The van der Waals surface area contributed by atoms with Crippen LogP contribution in [-0.4, -0.2) is 64.6 Å². The number of aromatic nitrogens is 1. The Morgan fingerprint density at radius 1 is 1.05 bits per heavy atom. The number of ether oxygens (including phenoxy) is 3. The van der Waals surface area contributed by atoms with Crippen molar-refractivity contribution in [2.45, 2.75) is 65.3 Å². The lowest BCUT2D eigenvalue weighted by molar-refractivity contribution is -0.125. The zero-order chi connectivity index (χ0) is 28.0. The third-order valence-corrected chi connectivity index (χ3v) is 11.7. The second-order valence-corrected chi connectivity index (χ2v) is 15.9. The minimum absolute atomic E-state index is 0.0572. The Morgan fingerprint density at radius 3 is 2.11 bits per heavy atom. The maximum absolute atomic E-state index is 12.5. The van der Waals surface area contributed by atoms with Crippen LogP contribution in [0.25, 0.3) is 11.3 Å². The summed E-state index contributed by atoms with van der Waals surface area (Å²) in [5, 5.41) is 0.111. The smallest absolute Gasteiger partial charge is 0.235 e. The van der Waals surface area contributed by atoms with E-state index < -0.39 is 14.4 Å². The van der Waals surface area contributed by atoms with Gasteiger partial charge in [0.25, 0.3) is 0 Å². The predicted octanol–water partition coefficient (Wildman–Crippen LogP) is 5.11. The molecule has 0 aliphatic carbocycles. The lowest BCUT2D eigenvalue weighted by Crippen LogP contribution is -2.50. The molecule has 0 aliphatic heterocycles. The number of hydrogen-bond donors (Lipinski definition) is 1. The van der Waals surface area contributed by atoms with Gasteiger partial charge >= 0.3 is 0 Å². The van der Waals surface area contributed by atoms with E-state index >= 15 is 0 Å². The molecule has 0 saturated heterocycles. The Hall–Kier alpha value is -2.62. The van der Waals surface area contributed by atoms with Gasteiger partial charge in [-0.1, -0.05) is 34.6 Å². The van der Waals surface area contributed by atoms with Crippen LogP contribution in [0.5, 0.6) is 17.2 Å². The molecule has 2 aromatic rings. The standard InChI is InChI=1S/C28H45N3O5Si/c1-19(2)25(27(29)32)31(13-14-36-37(9,10)28(3,4)5)18-20-11-12-30-22(15-20)21-16-23(33-6)26(35-8)24(17-21)34-7/h11-12,15-17,19,25H,13-14,18H2,1-10H3,(H2,29,32)/t25-/m0/s1. The molecule has 0 spiro atoms. The summed E-state index contributed by atoms with van der Waals surface area (Å²) in [7, 11) is 2.83. The third kappa shape index (κ3) is 7.69. The molecular formula is C28H45N3O5Si. The summed E-state index contributed by atoms with van der Waals surface area (Å²) < 4.78 is 22.9. The summed E-state index contributed by atoms with van der Waals surface area (Å²) in [6.07, 6.45) is 1.77. The van der Waals surface area contributed by atoms with Gasteiger partial charge in [0, 0.05) is 31.5 Å². The van der Waals surface area contributed by atoms with E-state index in [-0.39, 0.29) is 16.9 Å². The molecule has 8 nitrogen and oxygen atoms in total. The highest BCUT2D eigenvalue weighted by Gasteiger charge is 2.37. The van der Waals surface area contributed by atoms with Crippen LogP contribution in [0.1, 0.15) is 40.2 Å². The number of nitrogens with zero attached hydrogens (tertiary/aromatic N) is 2.